The summed E-state index contributed by atoms with van der Waals surface area (Å²) in [6, 6.07) is 3.99. The molecule has 2 aliphatic carbocycles. The van der Waals surface area contributed by atoms with Crippen LogP contribution in [0.4, 0.5) is 14.9 Å². The Balaban J connectivity index is 1.27. The van der Waals surface area contributed by atoms with E-state index < -0.39 is 36.4 Å². The van der Waals surface area contributed by atoms with E-state index in [4.69, 9.17) is 9.47 Å². The Hall–Kier alpha value is -3.70. The first-order valence-corrected chi connectivity index (χ1v) is 17.3. The van der Waals surface area contributed by atoms with Crippen LogP contribution in [0, 0.1) is 23.7 Å². The van der Waals surface area contributed by atoms with Crippen LogP contribution >= 0.6 is 0 Å². The molecule has 12 heteroatoms. The van der Waals surface area contributed by atoms with Crippen LogP contribution in [0.15, 0.2) is 18.2 Å². The number of benzene rings is 1. The molecule has 1 aromatic carbocycles. The number of likely N-dealkylation sites (tertiary alicyclic amines) is 1. The minimum absolute atomic E-state index is 0.0121. The van der Waals surface area contributed by atoms with Crippen molar-refractivity contribution < 1.29 is 33.0 Å². The average Bonchev–Trinajstić information content (AvgIpc) is 3.68. The molecule has 0 unspecified atom stereocenters. The number of esters is 1. The first kappa shape index (κ1) is 34.6. The van der Waals surface area contributed by atoms with Gasteiger partial charge in [-0.3, -0.25) is 9.59 Å². The number of nitrogens with zero attached hydrogens (tertiary/aromatic N) is 2. The molecule has 0 bridgehead atoms. The van der Waals surface area contributed by atoms with Gasteiger partial charge >= 0.3 is 12.1 Å². The van der Waals surface area contributed by atoms with Crippen LogP contribution in [0.25, 0.3) is 11.0 Å². The van der Waals surface area contributed by atoms with Crippen molar-refractivity contribution in [3.63, 3.8) is 0 Å². The molecule has 5 rings (SSSR count). The van der Waals surface area contributed by atoms with Gasteiger partial charge in [0.2, 0.25) is 17.6 Å². The predicted molar refractivity (Wildman–Crippen MR) is 175 cm³/mol. The van der Waals surface area contributed by atoms with Crippen LogP contribution < -0.4 is 10.6 Å². The van der Waals surface area contributed by atoms with E-state index in [1.807, 2.05) is 0 Å². The van der Waals surface area contributed by atoms with Gasteiger partial charge in [0.1, 0.15) is 18.3 Å². The summed E-state index contributed by atoms with van der Waals surface area (Å²) < 4.78 is 24.4. The summed E-state index contributed by atoms with van der Waals surface area (Å²) >= 11 is 0. The van der Waals surface area contributed by atoms with Gasteiger partial charge in [-0.25, -0.2) is 19.0 Å². The lowest BCUT2D eigenvalue weighted by atomic mass is 9.76. The van der Waals surface area contributed by atoms with Gasteiger partial charge in [-0.1, -0.05) is 32.1 Å². The third kappa shape index (κ3) is 8.43. The van der Waals surface area contributed by atoms with Gasteiger partial charge in [-0.15, -0.1) is 0 Å². The largest absolute Gasteiger partial charge is 0.460 e. The number of fused-ring (bicyclic) bond motifs is 1. The third-order valence-corrected chi connectivity index (χ3v) is 10.0. The van der Waals surface area contributed by atoms with E-state index in [0.29, 0.717) is 54.9 Å². The molecule has 3 fully saturated rings. The van der Waals surface area contributed by atoms with E-state index in [2.05, 4.69) is 20.6 Å². The van der Waals surface area contributed by atoms with Gasteiger partial charge in [0.05, 0.1) is 23.7 Å². The van der Waals surface area contributed by atoms with Gasteiger partial charge in [0, 0.05) is 18.2 Å². The zero-order valence-corrected chi connectivity index (χ0v) is 28.1. The van der Waals surface area contributed by atoms with E-state index in [1.54, 1.807) is 50.8 Å². The second-order valence-electron chi connectivity index (χ2n) is 14.4. The fourth-order valence-electron chi connectivity index (χ4n) is 7.80. The maximum absolute atomic E-state index is 14.1. The quantitative estimate of drug-likeness (QED) is 0.275. The first-order chi connectivity index (χ1) is 22.5. The Labute approximate surface area is 276 Å². The molecule has 3 amide bonds. The summed E-state index contributed by atoms with van der Waals surface area (Å²) in [5.41, 5.74) is 1.05. The van der Waals surface area contributed by atoms with Gasteiger partial charge < -0.3 is 30.0 Å². The van der Waals surface area contributed by atoms with Crippen LogP contribution in [0.2, 0.25) is 0 Å². The SMILES string of the molecule is CCOC(=O)c1nc2ccc(NC(=O)[C@@H]3[C@H](C4CCCCC4)CCN3C(=O)C3CCC([C@@H](CF)NC(=O)OC(C)(C)C)CC3)cc2[nH]1. The van der Waals surface area contributed by atoms with Gasteiger partial charge in [0.25, 0.3) is 0 Å². The molecule has 47 heavy (non-hydrogen) atoms. The minimum Gasteiger partial charge on any atom is -0.460 e. The van der Waals surface area contributed by atoms with Gasteiger partial charge in [0.15, 0.2) is 0 Å². The van der Waals surface area contributed by atoms with Crippen molar-refractivity contribution in [1.29, 1.82) is 0 Å². The fourth-order valence-corrected chi connectivity index (χ4v) is 7.80. The third-order valence-electron chi connectivity index (χ3n) is 10.0. The monoisotopic (exact) mass is 655 g/mol. The summed E-state index contributed by atoms with van der Waals surface area (Å²) in [6.45, 7) is 7.09. The van der Waals surface area contributed by atoms with Crippen molar-refractivity contribution in [2.45, 2.75) is 110 Å². The number of aromatic amines is 1. The summed E-state index contributed by atoms with van der Waals surface area (Å²) in [5, 5.41) is 5.76. The molecule has 1 aromatic heterocycles. The Morgan fingerprint density at radius 1 is 1.04 bits per heavy atom. The minimum atomic E-state index is -0.700. The average molecular weight is 656 g/mol. The van der Waals surface area contributed by atoms with E-state index in [9.17, 15) is 23.6 Å². The second-order valence-corrected chi connectivity index (χ2v) is 14.4. The highest BCUT2D eigenvalue weighted by Crippen LogP contribution is 2.41. The van der Waals surface area contributed by atoms with Gasteiger partial charge in [-0.2, -0.15) is 0 Å². The number of imidazole rings is 1. The number of halogens is 1. The Bertz CT molecular complexity index is 1430. The highest BCUT2D eigenvalue weighted by molar-refractivity contribution is 5.99. The predicted octanol–water partition coefficient (Wildman–Crippen LogP) is 6.14. The molecule has 1 aliphatic heterocycles. The molecule has 258 valence electrons. The zero-order chi connectivity index (χ0) is 33.7. The highest BCUT2D eigenvalue weighted by Gasteiger charge is 2.47. The number of hydrogen-bond donors (Lipinski definition) is 3. The molecular weight excluding hydrogens is 605 g/mol. The number of alkyl halides is 1. The number of aromatic nitrogens is 2. The summed E-state index contributed by atoms with van der Waals surface area (Å²) in [5.74, 6) is -0.537. The number of hydrogen-bond acceptors (Lipinski definition) is 7. The summed E-state index contributed by atoms with van der Waals surface area (Å²) in [4.78, 5) is 61.7. The number of ether oxygens (including phenoxy) is 2. The molecule has 1 saturated heterocycles. The van der Waals surface area contributed by atoms with Crippen LogP contribution in [0.3, 0.4) is 0 Å². The molecule has 3 N–H and O–H groups in total. The second kappa shape index (κ2) is 15.0. The standard InChI is InChI=1S/C35H50FN5O6/c1-5-46-33(44)30-38-26-16-15-24(19-27(26)39-30)37-31(42)29-25(21-9-7-6-8-10-21)17-18-41(29)32(43)23-13-11-22(12-14-23)28(20-36)40-34(45)47-35(2,3)4/h15-16,19,21-23,25,28-29H,5-14,17-18,20H2,1-4H3,(H,37,42)(H,38,39)(H,40,45)/t22?,23?,25-,28+,29-/m0/s1. The lowest BCUT2D eigenvalue weighted by Crippen LogP contribution is -2.50. The van der Waals surface area contributed by atoms with Crippen LogP contribution in [0.1, 0.15) is 103 Å². The number of carbonyl (C=O) groups is 4. The van der Waals surface area contributed by atoms with Crippen molar-refractivity contribution in [2.24, 2.45) is 23.7 Å². The maximum atomic E-state index is 14.1. The van der Waals surface area contributed by atoms with E-state index >= 15 is 0 Å². The molecule has 3 aliphatic rings. The molecule has 3 atom stereocenters. The van der Waals surface area contributed by atoms with E-state index in [1.165, 1.54) is 6.42 Å². The number of amides is 3. The van der Waals surface area contributed by atoms with E-state index in [0.717, 1.165) is 32.1 Å². The number of anilines is 1. The topological polar surface area (TPSA) is 143 Å². The Morgan fingerprint density at radius 2 is 1.77 bits per heavy atom. The number of H-pyrrole nitrogens is 1. The lowest BCUT2D eigenvalue weighted by Gasteiger charge is -2.37. The smallest absolute Gasteiger partial charge is 0.407 e. The summed E-state index contributed by atoms with van der Waals surface area (Å²) in [6.07, 6.45) is 8.13. The van der Waals surface area contributed by atoms with Crippen molar-refractivity contribution in [1.82, 2.24) is 20.2 Å². The van der Waals surface area contributed by atoms with Crippen molar-refractivity contribution in [3.05, 3.63) is 24.0 Å². The lowest BCUT2D eigenvalue weighted by molar-refractivity contribution is -0.142. The number of carbonyl (C=O) groups excluding carboxylic acids is 4. The van der Waals surface area contributed by atoms with Crippen molar-refractivity contribution in [2.75, 3.05) is 25.1 Å². The molecule has 2 heterocycles. The summed E-state index contributed by atoms with van der Waals surface area (Å²) in [7, 11) is 0. The molecule has 0 spiro atoms. The Kier molecular flexibility index (Phi) is 11.1. The number of nitrogens with one attached hydrogen (secondary N) is 3. The zero-order valence-electron chi connectivity index (χ0n) is 28.1. The number of rotatable bonds is 9. The van der Waals surface area contributed by atoms with Crippen LogP contribution in [0.5, 0.6) is 0 Å². The molecule has 2 aromatic rings. The first-order valence-electron chi connectivity index (χ1n) is 17.3. The van der Waals surface area contributed by atoms with Crippen molar-refractivity contribution in [3.8, 4) is 0 Å². The number of alkyl carbamates (subject to hydrolysis) is 1. The maximum Gasteiger partial charge on any atom is 0.407 e. The normalized spacial score (nSPS) is 24.5. The van der Waals surface area contributed by atoms with Gasteiger partial charge in [-0.05, 0) is 95.8 Å². The molecule has 0 radical (unpaired) electrons. The van der Waals surface area contributed by atoms with Crippen LogP contribution in [-0.4, -0.2) is 76.3 Å². The Morgan fingerprint density at radius 3 is 2.43 bits per heavy atom. The van der Waals surface area contributed by atoms with E-state index in [-0.39, 0.29) is 42.0 Å². The molecular formula is C35H50FN5O6. The molecule has 2 saturated carbocycles. The van der Waals surface area contributed by atoms with Crippen LogP contribution in [-0.2, 0) is 19.1 Å². The molecule has 11 nitrogen and oxygen atoms in total. The van der Waals surface area contributed by atoms with Crippen molar-refractivity contribution >= 4 is 40.6 Å². The fraction of sp³-hybridized carbons (Fsp3) is 0.686. The highest BCUT2D eigenvalue weighted by atomic mass is 19.1.